The van der Waals surface area contributed by atoms with Crippen LogP contribution in [0.2, 0.25) is 0 Å². The Kier molecular flexibility index (Phi) is 5.78. The number of hydrogen-bond donors (Lipinski definition) is 1. The Hall–Kier alpha value is -3.02. The molecule has 2 aromatic carbocycles. The summed E-state index contributed by atoms with van der Waals surface area (Å²) in [5, 5.41) is 9.05. The second-order valence-electron chi connectivity index (χ2n) is 4.94. The first kappa shape index (κ1) is 17.3. The van der Waals surface area contributed by atoms with Gasteiger partial charge < -0.3 is 19.3 Å². The normalized spacial score (nSPS) is 12.0. The molecular weight excluding hydrogens is 310 g/mol. The van der Waals surface area contributed by atoms with Crippen LogP contribution in [0.3, 0.4) is 0 Å². The standard InChI is InChI=1S/C18H19NO5/c1-12(18(20)21)24-17-13(6-4-9-16(17)23-3)11-19-14-7-5-8-15(10-14)22-2/h4-12H,1-3H3,(H,20,21)/t12-/m0/s1. The Morgan fingerprint density at radius 1 is 1.17 bits per heavy atom. The van der Waals surface area contributed by atoms with E-state index in [2.05, 4.69) is 4.99 Å². The highest BCUT2D eigenvalue weighted by Gasteiger charge is 2.17. The molecule has 0 saturated carbocycles. The highest BCUT2D eigenvalue weighted by Crippen LogP contribution is 2.31. The summed E-state index contributed by atoms with van der Waals surface area (Å²) in [7, 11) is 3.08. The number of nitrogens with zero attached hydrogens (tertiary/aromatic N) is 1. The molecule has 2 aromatic rings. The second-order valence-corrected chi connectivity index (χ2v) is 4.94. The summed E-state index contributed by atoms with van der Waals surface area (Å²) in [4.78, 5) is 15.4. The Morgan fingerprint density at radius 2 is 1.92 bits per heavy atom. The van der Waals surface area contributed by atoms with Crippen LogP contribution in [0.5, 0.6) is 17.2 Å². The Morgan fingerprint density at radius 3 is 2.58 bits per heavy atom. The van der Waals surface area contributed by atoms with E-state index < -0.39 is 12.1 Å². The van der Waals surface area contributed by atoms with Gasteiger partial charge in [-0.25, -0.2) is 4.79 Å². The van der Waals surface area contributed by atoms with Gasteiger partial charge in [-0.3, -0.25) is 4.99 Å². The van der Waals surface area contributed by atoms with Crippen molar-refractivity contribution < 1.29 is 24.1 Å². The molecule has 0 unspecified atom stereocenters. The number of aliphatic imine (C=N–C) groups is 1. The monoisotopic (exact) mass is 329 g/mol. The summed E-state index contributed by atoms with van der Waals surface area (Å²) in [6, 6.07) is 12.5. The van der Waals surface area contributed by atoms with Crippen molar-refractivity contribution in [2.45, 2.75) is 13.0 Å². The molecule has 6 nitrogen and oxygen atoms in total. The van der Waals surface area contributed by atoms with E-state index in [4.69, 9.17) is 19.3 Å². The highest BCUT2D eigenvalue weighted by atomic mass is 16.5. The summed E-state index contributed by atoms with van der Waals surface area (Å²) in [5.74, 6) is 0.419. The Balaban J connectivity index is 2.34. The minimum Gasteiger partial charge on any atom is -0.497 e. The number of carboxylic acid groups (broad SMARTS) is 1. The van der Waals surface area contributed by atoms with Gasteiger partial charge in [-0.15, -0.1) is 0 Å². The Bertz CT molecular complexity index is 742. The lowest BCUT2D eigenvalue weighted by Gasteiger charge is -2.15. The smallest absolute Gasteiger partial charge is 0.344 e. The molecule has 0 spiro atoms. The molecule has 0 aromatic heterocycles. The molecule has 0 aliphatic carbocycles. The third-order valence-electron chi connectivity index (χ3n) is 3.28. The quantitative estimate of drug-likeness (QED) is 0.789. The van der Waals surface area contributed by atoms with E-state index in [1.54, 1.807) is 37.6 Å². The van der Waals surface area contributed by atoms with Crippen LogP contribution in [-0.4, -0.2) is 37.6 Å². The molecule has 0 aliphatic rings. The van der Waals surface area contributed by atoms with E-state index in [0.29, 0.717) is 28.5 Å². The topological polar surface area (TPSA) is 77.3 Å². The van der Waals surface area contributed by atoms with Gasteiger partial charge in [-0.2, -0.15) is 0 Å². The van der Waals surface area contributed by atoms with Crippen LogP contribution in [0.4, 0.5) is 5.69 Å². The number of para-hydroxylation sites is 1. The van der Waals surface area contributed by atoms with Gasteiger partial charge in [0.15, 0.2) is 17.6 Å². The van der Waals surface area contributed by atoms with E-state index in [-0.39, 0.29) is 0 Å². The summed E-state index contributed by atoms with van der Waals surface area (Å²) in [6.07, 6.45) is 0.589. The lowest BCUT2D eigenvalue weighted by Crippen LogP contribution is -2.23. The number of ether oxygens (including phenoxy) is 3. The summed E-state index contributed by atoms with van der Waals surface area (Å²) in [5.41, 5.74) is 1.32. The van der Waals surface area contributed by atoms with Crippen molar-refractivity contribution in [2.75, 3.05) is 14.2 Å². The SMILES string of the molecule is COc1cccc(N=Cc2cccc(OC)c2O[C@@H](C)C(=O)O)c1. The van der Waals surface area contributed by atoms with Crippen LogP contribution in [0.15, 0.2) is 47.5 Å². The fourth-order valence-corrected chi connectivity index (χ4v) is 1.98. The molecule has 2 rings (SSSR count). The van der Waals surface area contributed by atoms with Gasteiger partial charge in [0.05, 0.1) is 19.9 Å². The first-order chi connectivity index (χ1) is 11.5. The molecule has 6 heteroatoms. The highest BCUT2D eigenvalue weighted by molar-refractivity contribution is 5.87. The Labute approximate surface area is 140 Å². The predicted octanol–water partition coefficient (Wildman–Crippen LogP) is 3.31. The van der Waals surface area contributed by atoms with Gasteiger partial charge >= 0.3 is 5.97 Å². The maximum Gasteiger partial charge on any atom is 0.344 e. The van der Waals surface area contributed by atoms with Crippen LogP contribution < -0.4 is 14.2 Å². The number of methoxy groups -OCH3 is 2. The van der Waals surface area contributed by atoms with Crippen LogP contribution in [-0.2, 0) is 4.79 Å². The van der Waals surface area contributed by atoms with Crippen LogP contribution >= 0.6 is 0 Å². The fraction of sp³-hybridized carbons (Fsp3) is 0.222. The summed E-state index contributed by atoms with van der Waals surface area (Å²) < 4.78 is 15.9. The molecule has 24 heavy (non-hydrogen) atoms. The molecule has 0 aliphatic heterocycles. The van der Waals surface area contributed by atoms with Crippen molar-refractivity contribution in [3.8, 4) is 17.2 Å². The van der Waals surface area contributed by atoms with E-state index in [0.717, 1.165) is 0 Å². The summed E-state index contributed by atoms with van der Waals surface area (Å²) in [6.45, 7) is 1.46. The molecule has 126 valence electrons. The minimum absolute atomic E-state index is 0.335. The lowest BCUT2D eigenvalue weighted by molar-refractivity contribution is -0.144. The van der Waals surface area contributed by atoms with Crippen molar-refractivity contribution in [3.63, 3.8) is 0 Å². The predicted molar refractivity (Wildman–Crippen MR) is 91.0 cm³/mol. The van der Waals surface area contributed by atoms with Crippen molar-refractivity contribution in [3.05, 3.63) is 48.0 Å². The van der Waals surface area contributed by atoms with Crippen LogP contribution in [0, 0.1) is 0 Å². The number of carbonyl (C=O) groups is 1. The minimum atomic E-state index is -1.06. The number of rotatable bonds is 7. The molecule has 0 bridgehead atoms. The maximum absolute atomic E-state index is 11.1. The van der Waals surface area contributed by atoms with Gasteiger partial charge in [0.25, 0.3) is 0 Å². The molecule has 0 saturated heterocycles. The first-order valence-corrected chi connectivity index (χ1v) is 7.29. The van der Waals surface area contributed by atoms with E-state index >= 15 is 0 Å². The zero-order chi connectivity index (χ0) is 17.5. The number of hydrogen-bond acceptors (Lipinski definition) is 5. The number of carboxylic acids is 1. The van der Waals surface area contributed by atoms with Gasteiger partial charge in [0.2, 0.25) is 0 Å². The lowest BCUT2D eigenvalue weighted by atomic mass is 10.2. The van der Waals surface area contributed by atoms with Crippen molar-refractivity contribution in [1.82, 2.24) is 0 Å². The van der Waals surface area contributed by atoms with Crippen LogP contribution in [0.1, 0.15) is 12.5 Å². The van der Waals surface area contributed by atoms with Crippen molar-refractivity contribution in [1.29, 1.82) is 0 Å². The van der Waals surface area contributed by atoms with E-state index in [9.17, 15) is 4.79 Å². The zero-order valence-corrected chi connectivity index (χ0v) is 13.7. The van der Waals surface area contributed by atoms with E-state index in [1.807, 2.05) is 18.2 Å². The van der Waals surface area contributed by atoms with Gasteiger partial charge in [-0.1, -0.05) is 12.1 Å². The van der Waals surface area contributed by atoms with Crippen molar-refractivity contribution >= 4 is 17.9 Å². The maximum atomic E-state index is 11.1. The molecule has 0 heterocycles. The number of aliphatic carboxylic acids is 1. The first-order valence-electron chi connectivity index (χ1n) is 7.29. The van der Waals surface area contributed by atoms with Gasteiger partial charge in [0.1, 0.15) is 5.75 Å². The zero-order valence-electron chi connectivity index (χ0n) is 13.7. The average molecular weight is 329 g/mol. The summed E-state index contributed by atoms with van der Waals surface area (Å²) >= 11 is 0. The average Bonchev–Trinajstić information content (AvgIpc) is 2.60. The molecule has 1 N–H and O–H groups in total. The molecule has 0 amide bonds. The second kappa shape index (κ2) is 8.01. The van der Waals surface area contributed by atoms with E-state index in [1.165, 1.54) is 14.0 Å². The van der Waals surface area contributed by atoms with Gasteiger partial charge in [0, 0.05) is 17.8 Å². The van der Waals surface area contributed by atoms with Crippen molar-refractivity contribution in [2.24, 2.45) is 4.99 Å². The fourth-order valence-electron chi connectivity index (χ4n) is 1.98. The van der Waals surface area contributed by atoms with Crippen LogP contribution in [0.25, 0.3) is 0 Å². The molecule has 0 radical (unpaired) electrons. The third kappa shape index (κ3) is 4.25. The molecule has 0 fully saturated rings. The number of benzene rings is 2. The third-order valence-corrected chi connectivity index (χ3v) is 3.28. The van der Waals surface area contributed by atoms with Gasteiger partial charge in [-0.05, 0) is 31.2 Å². The largest absolute Gasteiger partial charge is 0.497 e. The molecular formula is C18H19NO5. The molecule has 1 atom stereocenters.